The number of aromatic nitrogens is 3. The van der Waals surface area contributed by atoms with E-state index in [1.165, 1.54) is 10.7 Å². The minimum absolute atomic E-state index is 0.126. The van der Waals surface area contributed by atoms with E-state index in [0.717, 1.165) is 31.7 Å². The molecule has 1 saturated heterocycles. The standard InChI is InChI=1S/C14H20N6O3/c1-17(8-9-21)11-4-6-18(7-5-11)13-3-2-12-15-10-14(20(22)23)19(12)16-13/h2-3,10-11,21H,4-9H2,1H3. The van der Waals surface area contributed by atoms with E-state index in [0.29, 0.717) is 18.2 Å². The summed E-state index contributed by atoms with van der Waals surface area (Å²) in [7, 11) is 2.02. The zero-order valence-corrected chi connectivity index (χ0v) is 13.0. The summed E-state index contributed by atoms with van der Waals surface area (Å²) in [6.07, 6.45) is 3.17. The van der Waals surface area contributed by atoms with Gasteiger partial charge in [-0.3, -0.25) is 0 Å². The molecule has 124 valence electrons. The molecule has 3 rings (SSSR count). The van der Waals surface area contributed by atoms with Crippen LogP contribution in [0.3, 0.4) is 0 Å². The van der Waals surface area contributed by atoms with E-state index in [4.69, 9.17) is 5.11 Å². The lowest BCUT2D eigenvalue weighted by Crippen LogP contribution is -2.44. The molecular weight excluding hydrogens is 300 g/mol. The molecule has 1 aliphatic rings. The van der Waals surface area contributed by atoms with Crippen molar-refractivity contribution in [1.82, 2.24) is 19.5 Å². The van der Waals surface area contributed by atoms with Crippen molar-refractivity contribution < 1.29 is 10.0 Å². The number of nitrogens with zero attached hydrogens (tertiary/aromatic N) is 6. The van der Waals surface area contributed by atoms with Gasteiger partial charge in [-0.25, -0.2) is 4.98 Å². The maximum Gasteiger partial charge on any atom is 0.368 e. The summed E-state index contributed by atoms with van der Waals surface area (Å²) >= 11 is 0. The van der Waals surface area contributed by atoms with Gasteiger partial charge in [0.2, 0.25) is 5.65 Å². The highest BCUT2D eigenvalue weighted by molar-refractivity contribution is 5.49. The number of imidazole rings is 1. The molecule has 0 spiro atoms. The molecule has 9 heteroatoms. The van der Waals surface area contributed by atoms with Gasteiger partial charge in [0.25, 0.3) is 0 Å². The third-order valence-electron chi connectivity index (χ3n) is 4.38. The molecule has 0 aliphatic carbocycles. The maximum absolute atomic E-state index is 11.0. The molecule has 1 aliphatic heterocycles. The highest BCUT2D eigenvalue weighted by Crippen LogP contribution is 2.22. The Hall–Kier alpha value is -2.26. The predicted octanol–water partition coefficient (Wildman–Crippen LogP) is 0.530. The molecule has 0 amide bonds. The molecule has 1 fully saturated rings. The fourth-order valence-electron chi connectivity index (χ4n) is 3.02. The molecule has 0 atom stereocenters. The molecule has 0 aromatic carbocycles. The molecule has 9 nitrogen and oxygen atoms in total. The lowest BCUT2D eigenvalue weighted by Gasteiger charge is -2.36. The van der Waals surface area contributed by atoms with E-state index < -0.39 is 4.92 Å². The van der Waals surface area contributed by atoms with E-state index in [9.17, 15) is 10.1 Å². The monoisotopic (exact) mass is 320 g/mol. The number of hydrogen-bond donors (Lipinski definition) is 1. The number of piperidine rings is 1. The average molecular weight is 320 g/mol. The first-order valence-electron chi connectivity index (χ1n) is 7.65. The average Bonchev–Trinajstić information content (AvgIpc) is 2.98. The third kappa shape index (κ3) is 3.10. The first-order valence-corrected chi connectivity index (χ1v) is 7.65. The smallest absolute Gasteiger partial charge is 0.368 e. The van der Waals surface area contributed by atoms with Gasteiger partial charge >= 0.3 is 5.82 Å². The van der Waals surface area contributed by atoms with E-state index >= 15 is 0 Å². The van der Waals surface area contributed by atoms with Crippen LogP contribution < -0.4 is 4.90 Å². The first-order chi connectivity index (χ1) is 11.1. The van der Waals surface area contributed by atoms with Gasteiger partial charge in [0.05, 0.1) is 6.61 Å². The number of anilines is 1. The fraction of sp³-hybridized carbons (Fsp3) is 0.571. The largest absolute Gasteiger partial charge is 0.395 e. The number of fused-ring (bicyclic) bond motifs is 1. The number of hydrogen-bond acceptors (Lipinski definition) is 7. The Balaban J connectivity index is 1.74. The molecule has 0 unspecified atom stereocenters. The van der Waals surface area contributed by atoms with Crippen LogP contribution in [0.25, 0.3) is 5.65 Å². The first kappa shape index (κ1) is 15.6. The Kier molecular flexibility index (Phi) is 4.39. The summed E-state index contributed by atoms with van der Waals surface area (Å²) in [5, 5.41) is 24.4. The number of nitro groups is 1. The van der Waals surface area contributed by atoms with Crippen molar-refractivity contribution in [2.45, 2.75) is 18.9 Å². The van der Waals surface area contributed by atoms with Crippen LogP contribution in [0.2, 0.25) is 0 Å². The molecule has 0 radical (unpaired) electrons. The van der Waals surface area contributed by atoms with Crippen molar-refractivity contribution in [2.75, 3.05) is 38.2 Å². The fourth-order valence-corrected chi connectivity index (χ4v) is 3.02. The van der Waals surface area contributed by atoms with Crippen LogP contribution in [0.4, 0.5) is 11.6 Å². The Morgan fingerprint density at radius 2 is 2.17 bits per heavy atom. The second-order valence-corrected chi connectivity index (χ2v) is 5.76. The summed E-state index contributed by atoms with van der Waals surface area (Å²) in [6.45, 7) is 2.51. The molecule has 1 N–H and O–H groups in total. The number of aliphatic hydroxyl groups is 1. The number of aliphatic hydroxyl groups excluding tert-OH is 1. The molecule has 23 heavy (non-hydrogen) atoms. The van der Waals surface area contributed by atoms with E-state index in [2.05, 4.69) is 19.9 Å². The Morgan fingerprint density at radius 1 is 1.43 bits per heavy atom. The summed E-state index contributed by atoms with van der Waals surface area (Å²) in [5.41, 5.74) is 0.470. The van der Waals surface area contributed by atoms with Crippen molar-refractivity contribution in [1.29, 1.82) is 0 Å². The topological polar surface area (TPSA) is 100 Å². The van der Waals surface area contributed by atoms with Crippen molar-refractivity contribution in [3.63, 3.8) is 0 Å². The van der Waals surface area contributed by atoms with Crippen LogP contribution in [0, 0.1) is 10.1 Å². The highest BCUT2D eigenvalue weighted by atomic mass is 16.6. The van der Waals surface area contributed by atoms with Gasteiger partial charge in [0.1, 0.15) is 6.20 Å². The molecular formula is C14H20N6O3. The summed E-state index contributed by atoms with van der Waals surface area (Å²) in [6, 6.07) is 4.05. The normalized spacial score (nSPS) is 16.4. The molecule has 2 aromatic rings. The van der Waals surface area contributed by atoms with Gasteiger partial charge in [-0.1, -0.05) is 9.61 Å². The van der Waals surface area contributed by atoms with Crippen LogP contribution >= 0.6 is 0 Å². The van der Waals surface area contributed by atoms with Gasteiger partial charge in [-0.05, 0) is 30.9 Å². The van der Waals surface area contributed by atoms with E-state index in [-0.39, 0.29) is 12.4 Å². The number of rotatable bonds is 5. The Morgan fingerprint density at radius 3 is 2.83 bits per heavy atom. The van der Waals surface area contributed by atoms with Gasteiger partial charge in [-0.2, -0.15) is 0 Å². The van der Waals surface area contributed by atoms with Crippen molar-refractivity contribution in [3.05, 3.63) is 28.4 Å². The van der Waals surface area contributed by atoms with Crippen LogP contribution in [-0.2, 0) is 0 Å². The zero-order valence-electron chi connectivity index (χ0n) is 13.0. The van der Waals surface area contributed by atoms with Crippen molar-refractivity contribution in [3.8, 4) is 0 Å². The maximum atomic E-state index is 11.0. The molecule has 0 saturated carbocycles. The van der Waals surface area contributed by atoms with Crippen molar-refractivity contribution >= 4 is 17.3 Å². The second kappa shape index (κ2) is 6.47. The summed E-state index contributed by atoms with van der Waals surface area (Å²) < 4.78 is 1.28. The van der Waals surface area contributed by atoms with Gasteiger partial charge in [-0.15, -0.1) is 0 Å². The predicted molar refractivity (Wildman–Crippen MR) is 84.6 cm³/mol. The molecule has 0 bridgehead atoms. The summed E-state index contributed by atoms with van der Waals surface area (Å²) in [4.78, 5) is 18.8. The van der Waals surface area contributed by atoms with Crippen LogP contribution in [0.1, 0.15) is 12.8 Å². The molecule has 3 heterocycles. The van der Waals surface area contributed by atoms with Crippen LogP contribution in [0.15, 0.2) is 18.3 Å². The van der Waals surface area contributed by atoms with E-state index in [1.54, 1.807) is 6.07 Å². The minimum atomic E-state index is -0.479. The van der Waals surface area contributed by atoms with Gasteiger partial charge in [0.15, 0.2) is 5.82 Å². The van der Waals surface area contributed by atoms with Crippen molar-refractivity contribution in [2.24, 2.45) is 0 Å². The minimum Gasteiger partial charge on any atom is -0.395 e. The van der Waals surface area contributed by atoms with E-state index in [1.807, 2.05) is 13.1 Å². The lowest BCUT2D eigenvalue weighted by molar-refractivity contribution is -0.391. The second-order valence-electron chi connectivity index (χ2n) is 5.76. The summed E-state index contributed by atoms with van der Waals surface area (Å²) in [5.74, 6) is 0.598. The Labute approximate surface area is 133 Å². The SMILES string of the molecule is CN(CCO)C1CCN(c2ccc3ncc([N+](=O)[O-])n3n2)CC1. The third-order valence-corrected chi connectivity index (χ3v) is 4.38. The highest BCUT2D eigenvalue weighted by Gasteiger charge is 2.24. The van der Waals surface area contributed by atoms with Crippen LogP contribution in [0.5, 0.6) is 0 Å². The molecule has 2 aromatic heterocycles. The lowest BCUT2D eigenvalue weighted by atomic mass is 10.0. The zero-order chi connectivity index (χ0) is 16.4. The Bertz CT molecular complexity index is 695. The van der Waals surface area contributed by atoms with Crippen LogP contribution in [-0.4, -0.2) is 68.9 Å². The quantitative estimate of drug-likeness (QED) is 0.633. The van der Waals surface area contributed by atoms with Gasteiger partial charge < -0.3 is 25.0 Å². The van der Waals surface area contributed by atoms with Gasteiger partial charge in [0, 0.05) is 31.7 Å². The number of likely N-dealkylation sites (N-methyl/N-ethyl adjacent to an activating group) is 1.